The van der Waals surface area contributed by atoms with E-state index < -0.39 is 0 Å². The van der Waals surface area contributed by atoms with Gasteiger partial charge < -0.3 is 10.6 Å². The maximum atomic E-state index is 12.2. The highest BCUT2D eigenvalue weighted by atomic mass is 16.1. The van der Waals surface area contributed by atoms with E-state index in [1.54, 1.807) is 18.2 Å². The molecule has 2 aromatic carbocycles. The summed E-state index contributed by atoms with van der Waals surface area (Å²) in [6.45, 7) is 1.96. The van der Waals surface area contributed by atoms with E-state index in [-0.39, 0.29) is 5.91 Å². The fraction of sp³-hybridized carbons (Fsp3) is 0.0526. The van der Waals surface area contributed by atoms with Crippen LogP contribution in [0.4, 0.5) is 17.3 Å². The van der Waals surface area contributed by atoms with Crippen molar-refractivity contribution < 1.29 is 4.79 Å². The van der Waals surface area contributed by atoms with Crippen LogP contribution in [0, 0.1) is 18.3 Å². The Hall–Kier alpha value is -3.72. The van der Waals surface area contributed by atoms with E-state index in [1.165, 1.54) is 12.4 Å². The summed E-state index contributed by atoms with van der Waals surface area (Å²) in [5.41, 5.74) is 3.39. The first kappa shape index (κ1) is 16.1. The van der Waals surface area contributed by atoms with Gasteiger partial charge in [-0.2, -0.15) is 5.26 Å². The number of rotatable bonds is 4. The summed E-state index contributed by atoms with van der Waals surface area (Å²) in [6, 6.07) is 16.6. The molecule has 2 N–H and O–H groups in total. The molecule has 0 saturated carbocycles. The highest BCUT2D eigenvalue weighted by Gasteiger charge is 2.08. The van der Waals surface area contributed by atoms with Crippen LogP contribution in [0.15, 0.2) is 60.9 Å². The zero-order chi connectivity index (χ0) is 17.6. The number of carbonyl (C=O) groups is 1. The van der Waals surface area contributed by atoms with Gasteiger partial charge in [0.25, 0.3) is 5.91 Å². The average molecular weight is 329 g/mol. The van der Waals surface area contributed by atoms with Crippen LogP contribution in [-0.2, 0) is 0 Å². The molecule has 6 heteroatoms. The minimum absolute atomic E-state index is 0.274. The molecule has 1 heterocycles. The molecule has 1 aromatic heterocycles. The second-order valence-corrected chi connectivity index (χ2v) is 5.44. The highest BCUT2D eigenvalue weighted by Crippen LogP contribution is 2.15. The maximum Gasteiger partial charge on any atom is 0.258 e. The molecule has 0 fully saturated rings. The van der Waals surface area contributed by atoms with Crippen molar-refractivity contribution in [2.45, 2.75) is 6.92 Å². The number of aryl methyl sites for hydroxylation is 1. The molecule has 0 bridgehead atoms. The first-order valence-electron chi connectivity index (χ1n) is 7.61. The van der Waals surface area contributed by atoms with E-state index in [9.17, 15) is 4.79 Å². The second kappa shape index (κ2) is 7.23. The summed E-state index contributed by atoms with van der Waals surface area (Å²) < 4.78 is 0. The predicted octanol–water partition coefficient (Wildman–Crippen LogP) is 3.65. The lowest BCUT2D eigenvalue weighted by Crippen LogP contribution is -2.13. The normalized spacial score (nSPS) is 9.92. The highest BCUT2D eigenvalue weighted by molar-refractivity contribution is 6.03. The summed E-state index contributed by atoms with van der Waals surface area (Å²) in [5, 5.41) is 14.7. The standard InChI is InChI=1S/C19H15N5O/c1-13-4-2-6-16(8-13)23-18(25)15-11-21-19(22-12-15)24-17-7-3-5-14(9-17)10-20/h2-9,11-12H,1H3,(H,23,25)(H,21,22,24). The lowest BCUT2D eigenvalue weighted by Gasteiger charge is -2.07. The second-order valence-electron chi connectivity index (χ2n) is 5.44. The first-order valence-corrected chi connectivity index (χ1v) is 7.61. The molecule has 0 saturated heterocycles. The molecular formula is C19H15N5O. The molecule has 6 nitrogen and oxygen atoms in total. The van der Waals surface area contributed by atoms with Crippen molar-refractivity contribution in [3.63, 3.8) is 0 Å². The summed E-state index contributed by atoms with van der Waals surface area (Å²) in [7, 11) is 0. The SMILES string of the molecule is Cc1cccc(NC(=O)c2cnc(Nc3cccc(C#N)c3)nc2)c1. The van der Waals surface area contributed by atoms with E-state index in [2.05, 4.69) is 26.7 Å². The van der Waals surface area contributed by atoms with Crippen LogP contribution < -0.4 is 10.6 Å². The number of hydrogen-bond acceptors (Lipinski definition) is 5. The average Bonchev–Trinajstić information content (AvgIpc) is 2.62. The molecule has 0 unspecified atom stereocenters. The van der Waals surface area contributed by atoms with Crippen molar-refractivity contribution in [1.82, 2.24) is 9.97 Å². The zero-order valence-corrected chi connectivity index (χ0v) is 13.5. The Balaban J connectivity index is 1.69. The molecule has 0 spiro atoms. The Morgan fingerprint density at radius 1 is 1.04 bits per heavy atom. The summed E-state index contributed by atoms with van der Waals surface area (Å²) in [5.74, 6) is 0.0748. The van der Waals surface area contributed by atoms with Gasteiger partial charge in [-0.25, -0.2) is 9.97 Å². The number of nitriles is 1. The monoisotopic (exact) mass is 329 g/mol. The molecule has 3 aromatic rings. The Morgan fingerprint density at radius 2 is 1.76 bits per heavy atom. The van der Waals surface area contributed by atoms with E-state index in [1.807, 2.05) is 37.3 Å². The van der Waals surface area contributed by atoms with Gasteiger partial charge in [0.2, 0.25) is 5.95 Å². The molecule has 122 valence electrons. The minimum atomic E-state index is -0.274. The summed E-state index contributed by atoms with van der Waals surface area (Å²) in [4.78, 5) is 20.5. The Labute approximate surface area is 145 Å². The molecule has 0 aliphatic carbocycles. The van der Waals surface area contributed by atoms with Crippen molar-refractivity contribution in [2.75, 3.05) is 10.6 Å². The number of hydrogen-bond donors (Lipinski definition) is 2. The molecule has 25 heavy (non-hydrogen) atoms. The number of nitrogens with zero attached hydrogens (tertiary/aromatic N) is 3. The summed E-state index contributed by atoms with van der Waals surface area (Å²) >= 11 is 0. The van der Waals surface area contributed by atoms with Crippen LogP contribution in [0.25, 0.3) is 0 Å². The largest absolute Gasteiger partial charge is 0.324 e. The van der Waals surface area contributed by atoms with Crippen molar-refractivity contribution in [1.29, 1.82) is 5.26 Å². The third-order valence-corrected chi connectivity index (χ3v) is 3.44. The fourth-order valence-electron chi connectivity index (χ4n) is 2.23. The molecular weight excluding hydrogens is 314 g/mol. The van der Waals surface area contributed by atoms with Gasteiger partial charge in [-0.05, 0) is 42.8 Å². The Morgan fingerprint density at radius 3 is 2.48 bits per heavy atom. The first-order chi connectivity index (χ1) is 12.1. The van der Waals surface area contributed by atoms with E-state index in [4.69, 9.17) is 5.26 Å². The van der Waals surface area contributed by atoms with E-state index in [0.717, 1.165) is 11.3 Å². The van der Waals surface area contributed by atoms with Gasteiger partial charge >= 0.3 is 0 Å². The number of aromatic nitrogens is 2. The van der Waals surface area contributed by atoms with Crippen LogP contribution in [-0.4, -0.2) is 15.9 Å². The van der Waals surface area contributed by atoms with Crippen molar-refractivity contribution in [2.24, 2.45) is 0 Å². The quantitative estimate of drug-likeness (QED) is 0.762. The van der Waals surface area contributed by atoms with E-state index in [0.29, 0.717) is 22.8 Å². The number of nitrogens with one attached hydrogen (secondary N) is 2. The smallest absolute Gasteiger partial charge is 0.258 e. The van der Waals surface area contributed by atoms with Gasteiger partial charge in [0.1, 0.15) is 0 Å². The predicted molar refractivity (Wildman–Crippen MR) is 95.6 cm³/mol. The van der Waals surface area contributed by atoms with Gasteiger partial charge in [-0.3, -0.25) is 4.79 Å². The van der Waals surface area contributed by atoms with Crippen LogP contribution in [0.1, 0.15) is 21.5 Å². The van der Waals surface area contributed by atoms with Crippen molar-refractivity contribution in [3.05, 3.63) is 77.6 Å². The van der Waals surface area contributed by atoms with Gasteiger partial charge in [0.05, 0.1) is 17.2 Å². The zero-order valence-electron chi connectivity index (χ0n) is 13.5. The van der Waals surface area contributed by atoms with Gasteiger partial charge in [-0.15, -0.1) is 0 Å². The third-order valence-electron chi connectivity index (χ3n) is 3.44. The number of carbonyl (C=O) groups excluding carboxylic acids is 1. The van der Waals surface area contributed by atoms with Crippen LogP contribution in [0.5, 0.6) is 0 Å². The fourth-order valence-corrected chi connectivity index (χ4v) is 2.23. The van der Waals surface area contributed by atoms with Crippen molar-refractivity contribution in [3.8, 4) is 6.07 Å². The summed E-state index contributed by atoms with van der Waals surface area (Å²) in [6.07, 6.45) is 2.91. The number of amides is 1. The minimum Gasteiger partial charge on any atom is -0.324 e. The van der Waals surface area contributed by atoms with Gasteiger partial charge in [-0.1, -0.05) is 18.2 Å². The Bertz CT molecular complexity index is 945. The number of benzene rings is 2. The molecule has 0 aliphatic heterocycles. The van der Waals surface area contributed by atoms with Crippen molar-refractivity contribution >= 4 is 23.2 Å². The molecule has 0 atom stereocenters. The molecule has 0 aliphatic rings. The molecule has 3 rings (SSSR count). The Kier molecular flexibility index (Phi) is 4.67. The molecule has 1 amide bonds. The topological polar surface area (TPSA) is 90.7 Å². The molecule has 0 radical (unpaired) electrons. The lowest BCUT2D eigenvalue weighted by molar-refractivity contribution is 0.102. The van der Waals surface area contributed by atoms with E-state index >= 15 is 0 Å². The lowest BCUT2D eigenvalue weighted by atomic mass is 10.2. The van der Waals surface area contributed by atoms with Crippen LogP contribution in [0.2, 0.25) is 0 Å². The number of anilines is 3. The van der Waals surface area contributed by atoms with Gasteiger partial charge in [0, 0.05) is 23.8 Å². The van der Waals surface area contributed by atoms with Crippen LogP contribution >= 0.6 is 0 Å². The van der Waals surface area contributed by atoms with Gasteiger partial charge in [0.15, 0.2) is 0 Å². The maximum absolute atomic E-state index is 12.2. The van der Waals surface area contributed by atoms with Crippen LogP contribution in [0.3, 0.4) is 0 Å². The third kappa shape index (κ3) is 4.18.